The maximum atomic E-state index is 12.6. The maximum Gasteiger partial charge on any atom is 0.409 e. The number of carbonyl (C=O) groups excluding carboxylic acids is 1. The first-order valence-electron chi connectivity index (χ1n) is 7.21. The van der Waals surface area contributed by atoms with Crippen molar-refractivity contribution in [2.75, 3.05) is 32.8 Å². The van der Waals surface area contributed by atoms with E-state index in [0.717, 1.165) is 12.1 Å². The maximum absolute atomic E-state index is 12.6. The second-order valence-electron chi connectivity index (χ2n) is 5.11. The van der Waals surface area contributed by atoms with E-state index in [4.69, 9.17) is 9.88 Å². The number of nitrogens with zero attached hydrogens (tertiary/aromatic N) is 2. The van der Waals surface area contributed by atoms with Crippen LogP contribution in [0.1, 0.15) is 6.92 Å². The minimum Gasteiger partial charge on any atom is -0.450 e. The zero-order valence-corrected chi connectivity index (χ0v) is 14.7. The first kappa shape index (κ1) is 18.6. The van der Waals surface area contributed by atoms with Gasteiger partial charge in [-0.2, -0.15) is 4.31 Å². The normalized spacial score (nSPS) is 16.8. The van der Waals surface area contributed by atoms with Crippen LogP contribution in [-0.4, -0.2) is 64.9 Å². The zero-order valence-electron chi connectivity index (χ0n) is 13.1. The zero-order chi connectivity index (χ0) is 18.0. The van der Waals surface area contributed by atoms with Crippen LogP contribution in [0, 0.1) is 0 Å². The summed E-state index contributed by atoms with van der Waals surface area (Å²) in [6.45, 7) is 2.69. The third-order valence-electron chi connectivity index (χ3n) is 3.55. The Labute approximate surface area is 141 Å². The molecule has 1 heterocycles. The number of primary sulfonamides is 1. The Morgan fingerprint density at radius 3 is 2.00 bits per heavy atom. The number of hydrogen-bond acceptors (Lipinski definition) is 6. The highest BCUT2D eigenvalue weighted by atomic mass is 32.2. The smallest absolute Gasteiger partial charge is 0.409 e. The highest BCUT2D eigenvalue weighted by molar-refractivity contribution is 7.89. The van der Waals surface area contributed by atoms with Gasteiger partial charge in [0.1, 0.15) is 0 Å². The van der Waals surface area contributed by atoms with Crippen molar-refractivity contribution in [2.45, 2.75) is 16.7 Å². The monoisotopic (exact) mass is 377 g/mol. The molecule has 2 rings (SSSR count). The highest BCUT2D eigenvalue weighted by Gasteiger charge is 2.30. The van der Waals surface area contributed by atoms with Gasteiger partial charge in [-0.1, -0.05) is 0 Å². The predicted octanol–water partition coefficient (Wildman–Crippen LogP) is -0.203. The summed E-state index contributed by atoms with van der Waals surface area (Å²) >= 11 is 0. The predicted molar refractivity (Wildman–Crippen MR) is 85.2 cm³/mol. The van der Waals surface area contributed by atoms with E-state index in [-0.39, 0.29) is 42.6 Å². The van der Waals surface area contributed by atoms with E-state index in [1.807, 2.05) is 0 Å². The average molecular weight is 377 g/mol. The highest BCUT2D eigenvalue weighted by Crippen LogP contribution is 2.19. The van der Waals surface area contributed by atoms with E-state index >= 15 is 0 Å². The fourth-order valence-electron chi connectivity index (χ4n) is 2.28. The summed E-state index contributed by atoms with van der Waals surface area (Å²) in [5.41, 5.74) is 0. The number of benzene rings is 1. The molecule has 24 heavy (non-hydrogen) atoms. The second-order valence-corrected chi connectivity index (χ2v) is 8.61. The molecule has 0 bridgehead atoms. The lowest BCUT2D eigenvalue weighted by Gasteiger charge is -2.33. The van der Waals surface area contributed by atoms with Gasteiger partial charge in [-0.3, -0.25) is 0 Å². The molecule has 1 saturated heterocycles. The van der Waals surface area contributed by atoms with Crippen LogP contribution in [0.5, 0.6) is 0 Å². The summed E-state index contributed by atoms with van der Waals surface area (Å²) in [6, 6.07) is 4.70. The van der Waals surface area contributed by atoms with Gasteiger partial charge in [-0.05, 0) is 31.2 Å². The Hall–Kier alpha value is -1.69. The lowest BCUT2D eigenvalue weighted by Crippen LogP contribution is -2.50. The summed E-state index contributed by atoms with van der Waals surface area (Å²) in [4.78, 5) is 12.9. The topological polar surface area (TPSA) is 127 Å². The fraction of sp³-hybridized carbons (Fsp3) is 0.462. The SMILES string of the molecule is CCOC(=O)N1CCN(S(=O)(=O)c2ccc(S(N)(=O)=O)cc2)CC1. The van der Waals surface area contributed by atoms with Crippen molar-refractivity contribution in [3.05, 3.63) is 24.3 Å². The minimum atomic E-state index is -3.88. The number of piperazine rings is 1. The number of ether oxygens (including phenoxy) is 1. The first-order valence-corrected chi connectivity index (χ1v) is 10.2. The van der Waals surface area contributed by atoms with Crippen LogP contribution in [0.25, 0.3) is 0 Å². The molecule has 1 aromatic rings. The van der Waals surface area contributed by atoms with Gasteiger partial charge in [0.05, 0.1) is 16.4 Å². The second kappa shape index (κ2) is 7.05. The van der Waals surface area contributed by atoms with Crippen LogP contribution < -0.4 is 5.14 Å². The summed E-state index contributed by atoms with van der Waals surface area (Å²) in [5.74, 6) is 0. The van der Waals surface area contributed by atoms with Crippen LogP contribution in [0.3, 0.4) is 0 Å². The molecule has 134 valence electrons. The van der Waals surface area contributed by atoms with Gasteiger partial charge >= 0.3 is 6.09 Å². The summed E-state index contributed by atoms with van der Waals surface area (Å²) < 4.78 is 53.7. The van der Waals surface area contributed by atoms with E-state index in [0.29, 0.717) is 0 Å². The molecule has 2 N–H and O–H groups in total. The summed E-state index contributed by atoms with van der Waals surface area (Å²) in [5, 5.41) is 4.99. The van der Waals surface area contributed by atoms with E-state index in [1.165, 1.54) is 21.3 Å². The standard InChI is InChI=1S/C13H19N3O6S2/c1-2-22-13(17)15-7-9-16(10-8-15)24(20,21)12-5-3-11(4-6-12)23(14,18)19/h3-6H,2,7-10H2,1H3,(H2,14,18,19). The van der Waals surface area contributed by atoms with Crippen LogP contribution in [0.4, 0.5) is 4.79 Å². The molecule has 1 aliphatic rings. The van der Waals surface area contributed by atoms with Crippen molar-refractivity contribution >= 4 is 26.1 Å². The Morgan fingerprint density at radius 1 is 1.04 bits per heavy atom. The van der Waals surface area contributed by atoms with Gasteiger partial charge in [0, 0.05) is 26.2 Å². The molecule has 0 unspecified atom stereocenters. The molecule has 11 heteroatoms. The number of hydrogen-bond donors (Lipinski definition) is 1. The third kappa shape index (κ3) is 4.04. The number of nitrogens with two attached hydrogens (primary N) is 1. The Bertz CT molecular complexity index is 797. The quantitative estimate of drug-likeness (QED) is 0.774. The molecular weight excluding hydrogens is 358 g/mol. The number of rotatable bonds is 4. The Morgan fingerprint density at radius 2 is 1.54 bits per heavy atom. The van der Waals surface area contributed by atoms with Crippen LogP contribution >= 0.6 is 0 Å². The van der Waals surface area contributed by atoms with Crippen LogP contribution in [0.15, 0.2) is 34.1 Å². The molecule has 0 aromatic heterocycles. The van der Waals surface area contributed by atoms with Crippen molar-refractivity contribution in [1.82, 2.24) is 9.21 Å². The molecule has 0 saturated carbocycles. The van der Waals surface area contributed by atoms with Crippen LogP contribution in [0.2, 0.25) is 0 Å². The van der Waals surface area contributed by atoms with Crippen molar-refractivity contribution in [1.29, 1.82) is 0 Å². The molecule has 0 aliphatic carbocycles. The van der Waals surface area contributed by atoms with Crippen LogP contribution in [-0.2, 0) is 24.8 Å². The van der Waals surface area contributed by atoms with E-state index < -0.39 is 26.1 Å². The fourth-order valence-corrected chi connectivity index (χ4v) is 4.21. The molecule has 1 amide bonds. The molecule has 0 spiro atoms. The number of amides is 1. The van der Waals surface area contributed by atoms with Gasteiger partial charge in [0.25, 0.3) is 0 Å². The van der Waals surface area contributed by atoms with Crippen molar-refractivity contribution in [3.8, 4) is 0 Å². The number of carbonyl (C=O) groups is 1. The molecule has 1 aromatic carbocycles. The Balaban J connectivity index is 2.10. The molecule has 9 nitrogen and oxygen atoms in total. The molecule has 1 aliphatic heterocycles. The minimum absolute atomic E-state index is 0.0283. The summed E-state index contributed by atoms with van der Waals surface area (Å²) in [6.07, 6.45) is -0.466. The van der Waals surface area contributed by atoms with E-state index in [1.54, 1.807) is 6.92 Å². The van der Waals surface area contributed by atoms with Crippen molar-refractivity contribution < 1.29 is 26.4 Å². The van der Waals surface area contributed by atoms with Gasteiger partial charge in [-0.25, -0.2) is 26.8 Å². The molecule has 0 atom stereocenters. The van der Waals surface area contributed by atoms with Gasteiger partial charge < -0.3 is 9.64 Å². The van der Waals surface area contributed by atoms with E-state index in [2.05, 4.69) is 0 Å². The third-order valence-corrected chi connectivity index (χ3v) is 6.40. The molecule has 0 radical (unpaired) electrons. The lowest BCUT2D eigenvalue weighted by atomic mass is 10.4. The lowest BCUT2D eigenvalue weighted by molar-refractivity contribution is 0.0934. The molecular formula is C13H19N3O6S2. The average Bonchev–Trinajstić information content (AvgIpc) is 2.54. The number of sulfonamides is 2. The van der Waals surface area contributed by atoms with Gasteiger partial charge in [0.15, 0.2) is 0 Å². The van der Waals surface area contributed by atoms with Crippen molar-refractivity contribution in [3.63, 3.8) is 0 Å². The van der Waals surface area contributed by atoms with Crippen molar-refractivity contribution in [2.24, 2.45) is 5.14 Å². The van der Waals surface area contributed by atoms with Gasteiger partial charge in [-0.15, -0.1) is 0 Å². The largest absolute Gasteiger partial charge is 0.450 e. The summed E-state index contributed by atoms with van der Waals surface area (Å²) in [7, 11) is -7.65. The molecule has 1 fully saturated rings. The first-order chi connectivity index (χ1) is 11.2. The van der Waals surface area contributed by atoms with E-state index in [9.17, 15) is 21.6 Å². The van der Waals surface area contributed by atoms with Gasteiger partial charge in [0.2, 0.25) is 20.0 Å². The Kier molecular flexibility index (Phi) is 5.48.